The van der Waals surface area contributed by atoms with Gasteiger partial charge >= 0.3 is 0 Å². The van der Waals surface area contributed by atoms with Crippen molar-refractivity contribution in [1.29, 1.82) is 5.26 Å². The van der Waals surface area contributed by atoms with Crippen molar-refractivity contribution in [3.63, 3.8) is 0 Å². The molecular weight excluding hydrogens is 261 g/mol. The minimum absolute atomic E-state index is 0.0563. The van der Waals surface area contributed by atoms with Crippen molar-refractivity contribution >= 4 is 11.6 Å². The first kappa shape index (κ1) is 14.3. The van der Waals surface area contributed by atoms with E-state index < -0.39 is 17.1 Å². The summed E-state index contributed by atoms with van der Waals surface area (Å²) < 4.78 is 18.7. The van der Waals surface area contributed by atoms with Gasteiger partial charge in [-0.25, -0.2) is 4.39 Å². The van der Waals surface area contributed by atoms with Crippen LogP contribution < -0.4 is 11.1 Å². The molecule has 2 rings (SSSR count). The molecule has 0 radical (unpaired) electrons. The normalized spacial score (nSPS) is 17.2. The van der Waals surface area contributed by atoms with Gasteiger partial charge in [0.15, 0.2) is 0 Å². The summed E-state index contributed by atoms with van der Waals surface area (Å²) in [7, 11) is 0. The van der Waals surface area contributed by atoms with Gasteiger partial charge in [0.25, 0.3) is 0 Å². The van der Waals surface area contributed by atoms with Crippen LogP contribution >= 0.6 is 0 Å². The minimum Gasteiger partial charge on any atom is -0.383 e. The third-order valence-electron chi connectivity index (χ3n) is 3.72. The fourth-order valence-corrected chi connectivity index (χ4v) is 2.32. The van der Waals surface area contributed by atoms with Gasteiger partial charge in [-0.2, -0.15) is 5.26 Å². The molecule has 0 bridgehead atoms. The van der Waals surface area contributed by atoms with Gasteiger partial charge in [-0.05, 0) is 25.0 Å². The lowest BCUT2D eigenvalue weighted by Crippen LogP contribution is -2.46. The van der Waals surface area contributed by atoms with Crippen molar-refractivity contribution in [2.75, 3.05) is 25.1 Å². The molecule has 1 aromatic carbocycles. The molecule has 1 aliphatic rings. The first-order valence-corrected chi connectivity index (χ1v) is 6.39. The molecule has 0 aromatic heterocycles. The van der Waals surface area contributed by atoms with Crippen LogP contribution in [-0.2, 0) is 9.53 Å². The zero-order valence-corrected chi connectivity index (χ0v) is 11.0. The number of nitrogens with one attached hydrogen (secondary N) is 1. The van der Waals surface area contributed by atoms with E-state index >= 15 is 0 Å². The van der Waals surface area contributed by atoms with Crippen LogP contribution in [0.2, 0.25) is 0 Å². The van der Waals surface area contributed by atoms with E-state index in [1.54, 1.807) is 6.07 Å². The van der Waals surface area contributed by atoms with Crippen molar-refractivity contribution in [2.45, 2.75) is 12.8 Å². The van der Waals surface area contributed by atoms with Crippen LogP contribution in [0.1, 0.15) is 18.4 Å². The Bertz CT molecular complexity index is 548. The van der Waals surface area contributed by atoms with Gasteiger partial charge in [0.2, 0.25) is 5.91 Å². The molecule has 106 valence electrons. The molecule has 1 fully saturated rings. The Morgan fingerprint density at radius 2 is 2.20 bits per heavy atom. The maximum atomic E-state index is 13.5. The number of nitriles is 1. The first-order valence-electron chi connectivity index (χ1n) is 6.39. The molecule has 3 N–H and O–H groups in total. The largest absolute Gasteiger partial charge is 0.383 e. The summed E-state index contributed by atoms with van der Waals surface area (Å²) in [5, 5.41) is 11.9. The van der Waals surface area contributed by atoms with Crippen LogP contribution in [0.4, 0.5) is 10.1 Å². The van der Waals surface area contributed by atoms with Crippen molar-refractivity contribution in [3.05, 3.63) is 29.6 Å². The Hall–Kier alpha value is -2.13. The van der Waals surface area contributed by atoms with Crippen molar-refractivity contribution in [1.82, 2.24) is 0 Å². The highest BCUT2D eigenvalue weighted by Gasteiger charge is 2.38. The molecular formula is C14H16FN3O2. The number of rotatable bonds is 4. The van der Waals surface area contributed by atoms with E-state index in [1.807, 2.05) is 6.07 Å². The predicted molar refractivity (Wildman–Crippen MR) is 71.3 cm³/mol. The Morgan fingerprint density at radius 3 is 2.80 bits per heavy atom. The van der Waals surface area contributed by atoms with Crippen LogP contribution in [0.5, 0.6) is 0 Å². The number of primary amides is 1. The monoisotopic (exact) mass is 277 g/mol. The molecule has 1 heterocycles. The number of halogens is 1. The third-order valence-corrected chi connectivity index (χ3v) is 3.72. The lowest BCUT2D eigenvalue weighted by molar-refractivity contribution is -0.132. The molecule has 6 heteroatoms. The van der Waals surface area contributed by atoms with Gasteiger partial charge in [0, 0.05) is 19.8 Å². The van der Waals surface area contributed by atoms with Crippen molar-refractivity contribution < 1.29 is 13.9 Å². The first-order chi connectivity index (χ1) is 9.59. The number of carbonyl (C=O) groups is 1. The Morgan fingerprint density at radius 1 is 1.50 bits per heavy atom. The number of ether oxygens (including phenoxy) is 1. The van der Waals surface area contributed by atoms with Gasteiger partial charge in [0.05, 0.1) is 11.1 Å². The van der Waals surface area contributed by atoms with E-state index in [0.717, 1.165) is 0 Å². The Labute approximate surface area is 116 Å². The predicted octanol–water partition coefficient (Wildman–Crippen LogP) is 1.39. The second kappa shape index (κ2) is 5.88. The van der Waals surface area contributed by atoms with Gasteiger partial charge in [0.1, 0.15) is 17.4 Å². The van der Waals surface area contributed by atoms with Gasteiger partial charge < -0.3 is 15.8 Å². The quantitative estimate of drug-likeness (QED) is 0.870. The number of hydrogen-bond acceptors (Lipinski definition) is 4. The number of amides is 1. The molecule has 1 saturated heterocycles. The summed E-state index contributed by atoms with van der Waals surface area (Å²) in [4.78, 5) is 11.7. The third kappa shape index (κ3) is 2.73. The number of anilines is 1. The molecule has 1 aliphatic heterocycles. The van der Waals surface area contributed by atoms with Crippen LogP contribution in [-0.4, -0.2) is 25.7 Å². The summed E-state index contributed by atoms with van der Waals surface area (Å²) in [6, 6.07) is 6.16. The fourth-order valence-electron chi connectivity index (χ4n) is 2.32. The second-order valence-electron chi connectivity index (χ2n) is 4.88. The summed E-state index contributed by atoms with van der Waals surface area (Å²) in [5.41, 5.74) is 5.10. The SMILES string of the molecule is N#Cc1c(F)cccc1NCC1(C(N)=O)CCOCC1. The lowest BCUT2D eigenvalue weighted by atomic mass is 9.79. The number of hydrogen-bond donors (Lipinski definition) is 2. The Kier molecular flexibility index (Phi) is 4.20. The molecule has 0 unspecified atom stereocenters. The highest BCUT2D eigenvalue weighted by atomic mass is 19.1. The minimum atomic E-state index is -0.711. The number of nitrogens with two attached hydrogens (primary N) is 1. The van der Waals surface area contributed by atoms with Crippen LogP contribution in [0.15, 0.2) is 18.2 Å². The summed E-state index contributed by atoms with van der Waals surface area (Å²) in [6.07, 6.45) is 1.04. The van der Waals surface area contributed by atoms with E-state index in [0.29, 0.717) is 31.7 Å². The fraction of sp³-hybridized carbons (Fsp3) is 0.429. The molecule has 0 spiro atoms. The molecule has 0 atom stereocenters. The van der Waals surface area contributed by atoms with Crippen molar-refractivity contribution in [3.8, 4) is 6.07 Å². The molecule has 5 nitrogen and oxygen atoms in total. The zero-order chi connectivity index (χ0) is 14.6. The van der Waals surface area contributed by atoms with E-state index in [9.17, 15) is 9.18 Å². The van der Waals surface area contributed by atoms with E-state index in [1.165, 1.54) is 12.1 Å². The second-order valence-corrected chi connectivity index (χ2v) is 4.88. The summed E-state index contributed by atoms with van der Waals surface area (Å²) in [5.74, 6) is -0.985. The smallest absolute Gasteiger partial charge is 0.225 e. The van der Waals surface area contributed by atoms with E-state index in [4.69, 9.17) is 15.7 Å². The molecule has 1 aromatic rings. The zero-order valence-electron chi connectivity index (χ0n) is 11.0. The summed E-state index contributed by atoms with van der Waals surface area (Å²) in [6.45, 7) is 1.21. The van der Waals surface area contributed by atoms with Crippen LogP contribution in [0, 0.1) is 22.6 Å². The van der Waals surface area contributed by atoms with E-state index in [-0.39, 0.29) is 12.1 Å². The van der Waals surface area contributed by atoms with Crippen molar-refractivity contribution in [2.24, 2.45) is 11.1 Å². The number of carbonyl (C=O) groups excluding carboxylic acids is 1. The average Bonchev–Trinajstić information content (AvgIpc) is 2.46. The van der Waals surface area contributed by atoms with Crippen LogP contribution in [0.3, 0.4) is 0 Å². The van der Waals surface area contributed by atoms with E-state index in [2.05, 4.69) is 5.32 Å². The molecule has 0 saturated carbocycles. The van der Waals surface area contributed by atoms with Gasteiger partial charge in [-0.15, -0.1) is 0 Å². The van der Waals surface area contributed by atoms with Gasteiger partial charge in [-0.3, -0.25) is 4.79 Å². The highest BCUT2D eigenvalue weighted by Crippen LogP contribution is 2.31. The number of nitrogens with zero attached hydrogens (tertiary/aromatic N) is 1. The maximum Gasteiger partial charge on any atom is 0.225 e. The topological polar surface area (TPSA) is 88.1 Å². The standard InChI is InChI=1S/C14H16FN3O2/c15-11-2-1-3-12(10(11)8-16)18-9-14(13(17)19)4-6-20-7-5-14/h1-3,18H,4-7,9H2,(H2,17,19). The Balaban J connectivity index is 2.17. The molecule has 1 amide bonds. The summed E-state index contributed by atoms with van der Waals surface area (Å²) >= 11 is 0. The maximum absolute atomic E-state index is 13.5. The number of benzene rings is 1. The molecule has 0 aliphatic carbocycles. The highest BCUT2D eigenvalue weighted by molar-refractivity contribution is 5.81. The average molecular weight is 277 g/mol. The van der Waals surface area contributed by atoms with Gasteiger partial charge in [-0.1, -0.05) is 6.07 Å². The van der Waals surface area contributed by atoms with Crippen LogP contribution in [0.25, 0.3) is 0 Å². The lowest BCUT2D eigenvalue weighted by Gasteiger charge is -2.34. The molecule has 20 heavy (non-hydrogen) atoms.